The molecular formula is C12H9BrFN3O. The zero-order valence-corrected chi connectivity index (χ0v) is 10.7. The molecular weight excluding hydrogens is 301 g/mol. The summed E-state index contributed by atoms with van der Waals surface area (Å²) in [5, 5.41) is 3.69. The summed E-state index contributed by atoms with van der Waals surface area (Å²) in [5.41, 5.74) is 2.98. The summed E-state index contributed by atoms with van der Waals surface area (Å²) >= 11 is 3.23. The molecule has 0 radical (unpaired) electrons. The zero-order valence-electron chi connectivity index (χ0n) is 9.15. The molecule has 0 aliphatic carbocycles. The SMILES string of the molecule is O=C(N/N=C\c1cc(Br)ccc1F)c1ccc[nH]1. The van der Waals surface area contributed by atoms with Crippen LogP contribution in [0.15, 0.2) is 46.1 Å². The molecule has 0 atom stereocenters. The van der Waals surface area contributed by atoms with E-state index in [4.69, 9.17) is 0 Å². The maximum atomic E-state index is 13.3. The summed E-state index contributed by atoms with van der Waals surface area (Å²) in [6, 6.07) is 7.79. The summed E-state index contributed by atoms with van der Waals surface area (Å²) in [4.78, 5) is 14.2. The second kappa shape index (κ2) is 5.59. The van der Waals surface area contributed by atoms with Crippen LogP contribution in [0.2, 0.25) is 0 Å². The number of carbonyl (C=O) groups excluding carboxylic acids is 1. The van der Waals surface area contributed by atoms with Gasteiger partial charge in [-0.15, -0.1) is 0 Å². The number of aromatic amines is 1. The molecule has 2 aromatic rings. The van der Waals surface area contributed by atoms with Gasteiger partial charge < -0.3 is 4.98 Å². The summed E-state index contributed by atoms with van der Waals surface area (Å²) in [6.07, 6.45) is 2.88. The highest BCUT2D eigenvalue weighted by atomic mass is 79.9. The maximum absolute atomic E-state index is 13.3. The van der Waals surface area contributed by atoms with Gasteiger partial charge in [0, 0.05) is 16.2 Å². The molecule has 2 rings (SSSR count). The first kappa shape index (κ1) is 12.5. The van der Waals surface area contributed by atoms with E-state index >= 15 is 0 Å². The molecule has 0 aliphatic rings. The normalized spacial score (nSPS) is 10.8. The van der Waals surface area contributed by atoms with Crippen molar-refractivity contribution in [3.05, 3.63) is 58.1 Å². The van der Waals surface area contributed by atoms with Gasteiger partial charge in [-0.25, -0.2) is 9.82 Å². The van der Waals surface area contributed by atoms with Crippen LogP contribution in [0.4, 0.5) is 4.39 Å². The van der Waals surface area contributed by atoms with Gasteiger partial charge in [-0.2, -0.15) is 5.10 Å². The second-order valence-electron chi connectivity index (χ2n) is 3.45. The predicted molar refractivity (Wildman–Crippen MR) is 70.0 cm³/mol. The quantitative estimate of drug-likeness (QED) is 0.664. The Balaban J connectivity index is 2.03. The van der Waals surface area contributed by atoms with E-state index in [0.717, 1.165) is 4.47 Å². The minimum atomic E-state index is -0.406. The van der Waals surface area contributed by atoms with Crippen LogP contribution in [0.25, 0.3) is 0 Å². The molecule has 0 bridgehead atoms. The Labute approximate surface area is 111 Å². The van der Waals surface area contributed by atoms with Gasteiger partial charge in [-0.1, -0.05) is 15.9 Å². The average Bonchev–Trinajstić information content (AvgIpc) is 2.87. The number of aromatic nitrogens is 1. The van der Waals surface area contributed by atoms with E-state index < -0.39 is 5.82 Å². The first-order chi connectivity index (χ1) is 8.66. The first-order valence-corrected chi connectivity index (χ1v) is 5.88. The number of rotatable bonds is 3. The summed E-state index contributed by atoms with van der Waals surface area (Å²) < 4.78 is 14.1. The first-order valence-electron chi connectivity index (χ1n) is 5.08. The highest BCUT2D eigenvalue weighted by molar-refractivity contribution is 9.10. The number of nitrogens with zero attached hydrogens (tertiary/aromatic N) is 1. The minimum absolute atomic E-state index is 0.288. The highest BCUT2D eigenvalue weighted by Crippen LogP contribution is 2.13. The highest BCUT2D eigenvalue weighted by Gasteiger charge is 2.04. The molecule has 1 heterocycles. The van der Waals surface area contributed by atoms with E-state index in [2.05, 4.69) is 31.4 Å². The van der Waals surface area contributed by atoms with Gasteiger partial charge in [-0.05, 0) is 30.3 Å². The van der Waals surface area contributed by atoms with Crippen molar-refractivity contribution in [2.45, 2.75) is 0 Å². The smallest absolute Gasteiger partial charge is 0.287 e. The van der Waals surface area contributed by atoms with Gasteiger partial charge in [0.15, 0.2) is 0 Å². The van der Waals surface area contributed by atoms with Gasteiger partial charge in [0.2, 0.25) is 0 Å². The zero-order chi connectivity index (χ0) is 13.0. The summed E-state index contributed by atoms with van der Waals surface area (Å²) in [6.45, 7) is 0. The molecule has 18 heavy (non-hydrogen) atoms. The van der Waals surface area contributed by atoms with Crippen LogP contribution in [-0.2, 0) is 0 Å². The molecule has 1 aromatic heterocycles. The van der Waals surface area contributed by atoms with Gasteiger partial charge >= 0.3 is 0 Å². The third-order valence-corrected chi connectivity index (χ3v) is 2.66. The fourth-order valence-electron chi connectivity index (χ4n) is 1.31. The van der Waals surface area contributed by atoms with E-state index in [9.17, 15) is 9.18 Å². The standard InChI is InChI=1S/C12H9BrFN3O/c13-9-3-4-10(14)8(6-9)7-16-17-12(18)11-2-1-5-15-11/h1-7,15H,(H,17,18)/b16-7-. The lowest BCUT2D eigenvalue weighted by Gasteiger charge is -1.98. The third-order valence-electron chi connectivity index (χ3n) is 2.17. The molecule has 2 N–H and O–H groups in total. The van der Waals surface area contributed by atoms with E-state index in [1.54, 1.807) is 30.5 Å². The molecule has 0 fully saturated rings. The molecule has 0 saturated carbocycles. The van der Waals surface area contributed by atoms with Crippen molar-refractivity contribution in [1.29, 1.82) is 0 Å². The number of hydrazone groups is 1. The Bertz CT molecular complexity index is 581. The Morgan fingerprint density at radius 3 is 3.00 bits per heavy atom. The number of nitrogens with one attached hydrogen (secondary N) is 2. The van der Waals surface area contributed by atoms with Gasteiger partial charge in [0.05, 0.1) is 6.21 Å². The monoisotopic (exact) mass is 309 g/mol. The summed E-state index contributed by atoms with van der Waals surface area (Å²) in [5.74, 6) is -0.789. The van der Waals surface area contributed by atoms with E-state index in [0.29, 0.717) is 5.69 Å². The maximum Gasteiger partial charge on any atom is 0.287 e. The second-order valence-corrected chi connectivity index (χ2v) is 4.36. The van der Waals surface area contributed by atoms with Crippen LogP contribution < -0.4 is 5.43 Å². The minimum Gasteiger partial charge on any atom is -0.357 e. The number of carbonyl (C=O) groups is 1. The Morgan fingerprint density at radius 2 is 2.28 bits per heavy atom. The van der Waals surface area contributed by atoms with E-state index in [1.807, 2.05) is 0 Å². The van der Waals surface area contributed by atoms with Crippen molar-refractivity contribution in [2.24, 2.45) is 5.10 Å². The van der Waals surface area contributed by atoms with Crippen LogP contribution >= 0.6 is 15.9 Å². The molecule has 4 nitrogen and oxygen atoms in total. The van der Waals surface area contributed by atoms with Crippen molar-refractivity contribution in [3.63, 3.8) is 0 Å². The third kappa shape index (κ3) is 3.04. The largest absolute Gasteiger partial charge is 0.357 e. The number of hydrogen-bond acceptors (Lipinski definition) is 2. The van der Waals surface area contributed by atoms with Crippen LogP contribution in [0, 0.1) is 5.82 Å². The number of H-pyrrole nitrogens is 1. The topological polar surface area (TPSA) is 57.2 Å². The van der Waals surface area contributed by atoms with Gasteiger partial charge in [0.1, 0.15) is 11.5 Å². The van der Waals surface area contributed by atoms with Crippen molar-refractivity contribution in [2.75, 3.05) is 0 Å². The molecule has 0 saturated heterocycles. The molecule has 92 valence electrons. The van der Waals surface area contributed by atoms with Gasteiger partial charge in [0.25, 0.3) is 5.91 Å². The summed E-state index contributed by atoms with van der Waals surface area (Å²) in [7, 11) is 0. The number of benzene rings is 1. The van der Waals surface area contributed by atoms with Crippen molar-refractivity contribution in [1.82, 2.24) is 10.4 Å². The van der Waals surface area contributed by atoms with Crippen LogP contribution in [-0.4, -0.2) is 17.1 Å². The lowest BCUT2D eigenvalue weighted by atomic mass is 10.2. The van der Waals surface area contributed by atoms with Crippen LogP contribution in [0.1, 0.15) is 16.1 Å². The van der Waals surface area contributed by atoms with Crippen molar-refractivity contribution < 1.29 is 9.18 Å². The fraction of sp³-hybridized carbons (Fsp3) is 0. The van der Waals surface area contributed by atoms with Crippen LogP contribution in [0.3, 0.4) is 0 Å². The fourth-order valence-corrected chi connectivity index (χ4v) is 1.68. The Kier molecular flexibility index (Phi) is 3.88. The van der Waals surface area contributed by atoms with E-state index in [1.165, 1.54) is 12.3 Å². The number of halogens is 2. The van der Waals surface area contributed by atoms with Crippen molar-refractivity contribution >= 4 is 28.1 Å². The van der Waals surface area contributed by atoms with Crippen LogP contribution in [0.5, 0.6) is 0 Å². The molecule has 0 aliphatic heterocycles. The average molecular weight is 310 g/mol. The Morgan fingerprint density at radius 1 is 1.44 bits per heavy atom. The molecule has 6 heteroatoms. The lowest BCUT2D eigenvalue weighted by Crippen LogP contribution is -2.17. The molecule has 1 aromatic carbocycles. The number of hydrogen-bond donors (Lipinski definition) is 2. The lowest BCUT2D eigenvalue weighted by molar-refractivity contribution is 0.0951. The molecule has 0 spiro atoms. The Hall–Kier alpha value is -1.95. The van der Waals surface area contributed by atoms with Gasteiger partial charge in [-0.3, -0.25) is 4.79 Å². The molecule has 1 amide bonds. The molecule has 0 unspecified atom stereocenters. The number of amides is 1. The predicted octanol–water partition coefficient (Wildman–Crippen LogP) is 2.68. The van der Waals surface area contributed by atoms with E-state index in [-0.39, 0.29) is 11.5 Å². The van der Waals surface area contributed by atoms with Crippen molar-refractivity contribution in [3.8, 4) is 0 Å².